The van der Waals surface area contributed by atoms with E-state index in [2.05, 4.69) is 10.6 Å². The first-order chi connectivity index (χ1) is 13.4. The highest BCUT2D eigenvalue weighted by Crippen LogP contribution is 2.07. The van der Waals surface area contributed by atoms with Crippen molar-refractivity contribution < 1.29 is 24.6 Å². The van der Waals surface area contributed by atoms with Crippen molar-refractivity contribution in [2.24, 2.45) is 0 Å². The van der Waals surface area contributed by atoms with Gasteiger partial charge in [-0.25, -0.2) is 4.79 Å². The van der Waals surface area contributed by atoms with Crippen LogP contribution in [0.15, 0.2) is 54.6 Å². The number of hydrogen-bond donors (Lipinski definition) is 4. The zero-order chi connectivity index (χ0) is 20.5. The Kier molecular flexibility index (Phi) is 7.71. The quantitative estimate of drug-likeness (QED) is 0.496. The van der Waals surface area contributed by atoms with Crippen molar-refractivity contribution in [2.45, 2.75) is 31.8 Å². The van der Waals surface area contributed by atoms with Crippen LogP contribution >= 0.6 is 0 Å². The topological polar surface area (TPSA) is 116 Å². The molecule has 2 atom stereocenters. The first-order valence-corrected chi connectivity index (χ1v) is 8.99. The molecular formula is C21H24N2O5. The number of hydrogen-bond acceptors (Lipinski definition) is 4. The van der Waals surface area contributed by atoms with Crippen molar-refractivity contribution in [3.8, 4) is 0 Å². The molecule has 2 rings (SSSR count). The second-order valence-electron chi connectivity index (χ2n) is 6.52. The number of nitrogens with one attached hydrogen (secondary N) is 2. The Labute approximate surface area is 163 Å². The average Bonchev–Trinajstić information content (AvgIpc) is 2.68. The van der Waals surface area contributed by atoms with E-state index < -0.39 is 29.9 Å². The van der Waals surface area contributed by atoms with E-state index in [1.54, 1.807) is 12.1 Å². The van der Waals surface area contributed by atoms with Crippen LogP contribution < -0.4 is 10.6 Å². The van der Waals surface area contributed by atoms with Crippen molar-refractivity contribution in [3.05, 3.63) is 71.3 Å². The van der Waals surface area contributed by atoms with E-state index in [4.69, 9.17) is 10.2 Å². The Bertz CT molecular complexity index is 823. The molecule has 4 N–H and O–H groups in total. The summed E-state index contributed by atoms with van der Waals surface area (Å²) in [6, 6.07) is 14.5. The van der Waals surface area contributed by atoms with Gasteiger partial charge in [-0.05, 0) is 49.6 Å². The number of aliphatic carboxylic acids is 1. The van der Waals surface area contributed by atoms with E-state index >= 15 is 0 Å². The van der Waals surface area contributed by atoms with Gasteiger partial charge in [-0.1, -0.05) is 42.5 Å². The molecule has 1 amide bonds. The lowest BCUT2D eigenvalue weighted by molar-refractivity contribution is -0.141. The first-order valence-electron chi connectivity index (χ1n) is 8.99. The lowest BCUT2D eigenvalue weighted by Gasteiger charge is -2.20. The lowest BCUT2D eigenvalue weighted by Crippen LogP contribution is -2.50. The Balaban J connectivity index is 2.02. The molecule has 0 aromatic heterocycles. The highest BCUT2D eigenvalue weighted by molar-refractivity contribution is 5.88. The fraction of sp³-hybridized carbons (Fsp3) is 0.286. The molecule has 0 aliphatic carbocycles. The van der Waals surface area contributed by atoms with E-state index in [0.717, 1.165) is 11.1 Å². The van der Waals surface area contributed by atoms with Gasteiger partial charge in [0.15, 0.2) is 0 Å². The minimum absolute atomic E-state index is 0.214. The van der Waals surface area contributed by atoms with Crippen LogP contribution in [0, 0.1) is 0 Å². The Morgan fingerprint density at radius 2 is 1.64 bits per heavy atom. The predicted octanol–water partition coefficient (Wildman–Crippen LogP) is 1.72. The van der Waals surface area contributed by atoms with Gasteiger partial charge in [-0.3, -0.25) is 9.59 Å². The van der Waals surface area contributed by atoms with Gasteiger partial charge in [0.25, 0.3) is 0 Å². The summed E-state index contributed by atoms with van der Waals surface area (Å²) in [4.78, 5) is 34.6. The second-order valence-corrected chi connectivity index (χ2v) is 6.52. The van der Waals surface area contributed by atoms with Crippen molar-refractivity contribution >= 4 is 17.8 Å². The molecule has 0 aliphatic rings. The number of carboxylic acids is 2. The van der Waals surface area contributed by atoms with Gasteiger partial charge in [-0.15, -0.1) is 0 Å². The van der Waals surface area contributed by atoms with Gasteiger partial charge in [0.2, 0.25) is 5.91 Å². The molecule has 2 aromatic rings. The van der Waals surface area contributed by atoms with Crippen LogP contribution in [0.3, 0.4) is 0 Å². The van der Waals surface area contributed by atoms with Crippen LogP contribution in [-0.4, -0.2) is 46.7 Å². The summed E-state index contributed by atoms with van der Waals surface area (Å²) in [5.74, 6) is -2.48. The zero-order valence-electron chi connectivity index (χ0n) is 15.6. The molecule has 0 saturated carbocycles. The summed E-state index contributed by atoms with van der Waals surface area (Å²) in [6.45, 7) is 1.85. The number of amides is 1. The molecule has 0 unspecified atom stereocenters. The third kappa shape index (κ3) is 6.51. The Morgan fingerprint density at radius 3 is 2.29 bits per heavy atom. The van der Waals surface area contributed by atoms with E-state index in [1.165, 1.54) is 13.0 Å². The number of carbonyl (C=O) groups is 3. The molecule has 7 heteroatoms. The van der Waals surface area contributed by atoms with Crippen LogP contribution in [0.4, 0.5) is 0 Å². The zero-order valence-corrected chi connectivity index (χ0v) is 15.6. The predicted molar refractivity (Wildman–Crippen MR) is 104 cm³/mol. The highest BCUT2D eigenvalue weighted by atomic mass is 16.4. The van der Waals surface area contributed by atoms with Crippen LogP contribution in [0.2, 0.25) is 0 Å². The number of benzene rings is 2. The van der Waals surface area contributed by atoms with E-state index in [0.29, 0.717) is 19.4 Å². The molecule has 2 aromatic carbocycles. The summed E-state index contributed by atoms with van der Waals surface area (Å²) in [5, 5.41) is 23.7. The summed E-state index contributed by atoms with van der Waals surface area (Å²) in [5.41, 5.74) is 2.00. The normalized spacial score (nSPS) is 12.8. The molecule has 148 valence electrons. The first kappa shape index (κ1) is 21.1. The van der Waals surface area contributed by atoms with Crippen molar-refractivity contribution in [1.29, 1.82) is 0 Å². The molecule has 0 heterocycles. The van der Waals surface area contributed by atoms with E-state index in [-0.39, 0.29) is 5.56 Å². The summed E-state index contributed by atoms with van der Waals surface area (Å²) in [7, 11) is 0. The molecule has 28 heavy (non-hydrogen) atoms. The number of aromatic carboxylic acids is 1. The van der Waals surface area contributed by atoms with Crippen molar-refractivity contribution in [3.63, 3.8) is 0 Å². The van der Waals surface area contributed by atoms with Crippen molar-refractivity contribution in [2.75, 3.05) is 6.54 Å². The minimum Gasteiger partial charge on any atom is -0.480 e. The lowest BCUT2D eigenvalue weighted by atomic mass is 10.0. The SMILES string of the molecule is C[C@H](NC(=O)[C@H](Cc1ccccc1)NCCc1cccc(C(=O)O)c1)C(=O)O. The monoisotopic (exact) mass is 384 g/mol. The Morgan fingerprint density at radius 1 is 0.964 bits per heavy atom. The fourth-order valence-corrected chi connectivity index (χ4v) is 2.73. The summed E-state index contributed by atoms with van der Waals surface area (Å²) in [6.07, 6.45) is 0.947. The van der Waals surface area contributed by atoms with Crippen molar-refractivity contribution in [1.82, 2.24) is 10.6 Å². The van der Waals surface area contributed by atoms with Gasteiger partial charge in [0.1, 0.15) is 6.04 Å². The molecule has 0 spiro atoms. The third-order valence-electron chi connectivity index (χ3n) is 4.31. The molecule has 7 nitrogen and oxygen atoms in total. The molecular weight excluding hydrogens is 360 g/mol. The van der Waals surface area contributed by atoms with Gasteiger partial charge in [0, 0.05) is 0 Å². The molecule has 0 saturated heterocycles. The number of rotatable bonds is 10. The molecule has 0 radical (unpaired) electrons. The van der Waals surface area contributed by atoms with Gasteiger partial charge in [0.05, 0.1) is 11.6 Å². The van der Waals surface area contributed by atoms with Crippen LogP contribution in [0.5, 0.6) is 0 Å². The minimum atomic E-state index is -1.10. The fourth-order valence-electron chi connectivity index (χ4n) is 2.73. The summed E-state index contributed by atoms with van der Waals surface area (Å²) >= 11 is 0. The number of carboxylic acid groups (broad SMARTS) is 2. The maximum atomic E-state index is 12.5. The van der Waals surface area contributed by atoms with Gasteiger partial charge >= 0.3 is 11.9 Å². The number of carbonyl (C=O) groups excluding carboxylic acids is 1. The van der Waals surface area contributed by atoms with Crippen LogP contribution in [-0.2, 0) is 22.4 Å². The standard InChI is InChI=1S/C21H24N2O5/c1-14(20(25)26)23-19(24)18(13-15-6-3-2-4-7-15)22-11-10-16-8-5-9-17(12-16)21(27)28/h2-9,12,14,18,22H,10-11,13H2,1H3,(H,23,24)(H,25,26)(H,27,28)/t14-,18-/m0/s1. The van der Waals surface area contributed by atoms with E-state index in [1.807, 2.05) is 36.4 Å². The van der Waals surface area contributed by atoms with Gasteiger partial charge < -0.3 is 20.8 Å². The molecule has 0 fully saturated rings. The maximum absolute atomic E-state index is 12.5. The van der Waals surface area contributed by atoms with Crippen LogP contribution in [0.1, 0.15) is 28.4 Å². The maximum Gasteiger partial charge on any atom is 0.335 e. The largest absolute Gasteiger partial charge is 0.480 e. The average molecular weight is 384 g/mol. The second kappa shape index (κ2) is 10.2. The van der Waals surface area contributed by atoms with Gasteiger partial charge in [-0.2, -0.15) is 0 Å². The highest BCUT2D eigenvalue weighted by Gasteiger charge is 2.22. The summed E-state index contributed by atoms with van der Waals surface area (Å²) < 4.78 is 0. The third-order valence-corrected chi connectivity index (χ3v) is 4.31. The Hall–Kier alpha value is -3.19. The molecule has 0 bridgehead atoms. The smallest absolute Gasteiger partial charge is 0.335 e. The molecule has 0 aliphatic heterocycles. The van der Waals surface area contributed by atoms with Crippen LogP contribution in [0.25, 0.3) is 0 Å². The van der Waals surface area contributed by atoms with E-state index in [9.17, 15) is 14.4 Å².